The van der Waals surface area contributed by atoms with Gasteiger partial charge in [0.2, 0.25) is 0 Å². The van der Waals surface area contributed by atoms with Crippen LogP contribution in [-0.4, -0.2) is 41.1 Å². The van der Waals surface area contributed by atoms with E-state index in [0.717, 1.165) is 38.9 Å². The maximum Gasteiger partial charge on any atom is 0.270 e. The highest BCUT2D eigenvalue weighted by Crippen LogP contribution is 2.22. The SMILES string of the molecule is CCCN(C(=O)c1cc(Cl)cn1C(C)C)C1CCCNC1. The average Bonchev–Trinajstić information content (AvgIpc) is 2.87. The van der Waals surface area contributed by atoms with E-state index in [1.807, 2.05) is 15.7 Å². The van der Waals surface area contributed by atoms with Crippen LogP contribution in [0.5, 0.6) is 0 Å². The van der Waals surface area contributed by atoms with Gasteiger partial charge in [-0.05, 0) is 45.7 Å². The Morgan fingerprint density at radius 3 is 2.90 bits per heavy atom. The van der Waals surface area contributed by atoms with Crippen LogP contribution in [0, 0.1) is 0 Å². The van der Waals surface area contributed by atoms with Crippen molar-refractivity contribution in [1.82, 2.24) is 14.8 Å². The lowest BCUT2D eigenvalue weighted by Crippen LogP contribution is -2.49. The number of hydrogen-bond donors (Lipinski definition) is 1. The summed E-state index contributed by atoms with van der Waals surface area (Å²) in [7, 11) is 0. The summed E-state index contributed by atoms with van der Waals surface area (Å²) < 4.78 is 1.98. The molecule has 0 spiro atoms. The monoisotopic (exact) mass is 311 g/mol. The van der Waals surface area contributed by atoms with Crippen LogP contribution < -0.4 is 5.32 Å². The first-order valence-corrected chi connectivity index (χ1v) is 8.31. The summed E-state index contributed by atoms with van der Waals surface area (Å²) in [6.45, 7) is 9.00. The third-order valence-electron chi connectivity index (χ3n) is 4.03. The number of carbonyl (C=O) groups is 1. The van der Waals surface area contributed by atoms with E-state index in [9.17, 15) is 4.79 Å². The van der Waals surface area contributed by atoms with Gasteiger partial charge < -0.3 is 14.8 Å². The second-order valence-electron chi connectivity index (χ2n) is 6.04. The second-order valence-corrected chi connectivity index (χ2v) is 6.48. The lowest BCUT2D eigenvalue weighted by atomic mass is 10.0. The van der Waals surface area contributed by atoms with Crippen LogP contribution in [-0.2, 0) is 0 Å². The van der Waals surface area contributed by atoms with E-state index < -0.39 is 0 Å². The Balaban J connectivity index is 2.25. The quantitative estimate of drug-likeness (QED) is 0.905. The molecule has 0 aromatic carbocycles. The first kappa shape index (κ1) is 16.4. The Bertz CT molecular complexity index is 478. The molecule has 0 aliphatic carbocycles. The Hall–Kier alpha value is -1.00. The van der Waals surface area contributed by atoms with Gasteiger partial charge in [0.1, 0.15) is 5.69 Å². The molecule has 1 amide bonds. The van der Waals surface area contributed by atoms with Gasteiger partial charge in [0.15, 0.2) is 0 Å². The third-order valence-corrected chi connectivity index (χ3v) is 4.23. The van der Waals surface area contributed by atoms with Crippen molar-refractivity contribution in [3.63, 3.8) is 0 Å². The molecule has 1 fully saturated rings. The van der Waals surface area contributed by atoms with Crippen molar-refractivity contribution >= 4 is 17.5 Å². The second kappa shape index (κ2) is 7.32. The van der Waals surface area contributed by atoms with Crippen LogP contribution >= 0.6 is 11.6 Å². The van der Waals surface area contributed by atoms with Crippen LogP contribution in [0.1, 0.15) is 56.6 Å². The average molecular weight is 312 g/mol. The zero-order valence-corrected chi connectivity index (χ0v) is 14.0. The minimum absolute atomic E-state index is 0.103. The fourth-order valence-corrected chi connectivity index (χ4v) is 3.19. The van der Waals surface area contributed by atoms with Gasteiger partial charge in [-0.2, -0.15) is 0 Å². The fourth-order valence-electron chi connectivity index (χ4n) is 2.98. The Kier molecular flexibility index (Phi) is 5.71. The standard InChI is InChI=1S/C16H26ClN3O/c1-4-8-19(14-6-5-7-18-10-14)16(21)15-9-13(17)11-20(15)12(2)3/h9,11-12,14,18H,4-8,10H2,1-3H3. The fraction of sp³-hybridized carbons (Fsp3) is 0.688. The van der Waals surface area contributed by atoms with Crippen molar-refractivity contribution in [3.8, 4) is 0 Å². The summed E-state index contributed by atoms with van der Waals surface area (Å²) in [6, 6.07) is 2.31. The molecule has 1 unspecified atom stereocenters. The van der Waals surface area contributed by atoms with Crippen LogP contribution in [0.15, 0.2) is 12.3 Å². The van der Waals surface area contributed by atoms with Gasteiger partial charge in [-0.25, -0.2) is 0 Å². The number of rotatable bonds is 5. The van der Waals surface area contributed by atoms with Crippen molar-refractivity contribution in [2.24, 2.45) is 0 Å². The van der Waals surface area contributed by atoms with Crippen molar-refractivity contribution in [2.75, 3.05) is 19.6 Å². The number of halogens is 1. The van der Waals surface area contributed by atoms with Crippen LogP contribution in [0.4, 0.5) is 0 Å². The first-order valence-electron chi connectivity index (χ1n) is 7.93. The summed E-state index contributed by atoms with van der Waals surface area (Å²) in [6.07, 6.45) is 5.03. The highest BCUT2D eigenvalue weighted by molar-refractivity contribution is 6.31. The molecule has 1 saturated heterocycles. The Labute approximate surface area is 132 Å². The Morgan fingerprint density at radius 2 is 2.33 bits per heavy atom. The van der Waals surface area contributed by atoms with Crippen molar-refractivity contribution < 1.29 is 4.79 Å². The van der Waals surface area contributed by atoms with E-state index in [4.69, 9.17) is 11.6 Å². The van der Waals surface area contributed by atoms with E-state index in [1.54, 1.807) is 6.07 Å². The molecule has 4 nitrogen and oxygen atoms in total. The van der Waals surface area contributed by atoms with E-state index in [2.05, 4.69) is 26.1 Å². The van der Waals surface area contributed by atoms with Gasteiger partial charge in [-0.1, -0.05) is 18.5 Å². The molecule has 2 heterocycles. The number of carbonyl (C=O) groups excluding carboxylic acids is 1. The lowest BCUT2D eigenvalue weighted by Gasteiger charge is -2.35. The molecule has 21 heavy (non-hydrogen) atoms. The number of nitrogens with one attached hydrogen (secondary N) is 1. The minimum atomic E-state index is 0.103. The molecule has 1 aliphatic rings. The zero-order chi connectivity index (χ0) is 15.4. The predicted octanol–water partition coefficient (Wildman–Crippen LogP) is 3.33. The minimum Gasteiger partial charge on any atom is -0.339 e. The van der Waals surface area contributed by atoms with E-state index in [-0.39, 0.29) is 11.9 Å². The molecule has 1 N–H and O–H groups in total. The van der Waals surface area contributed by atoms with Gasteiger partial charge in [0.05, 0.1) is 5.02 Å². The van der Waals surface area contributed by atoms with Crippen LogP contribution in [0.2, 0.25) is 5.02 Å². The molecule has 2 rings (SSSR count). The highest BCUT2D eigenvalue weighted by Gasteiger charge is 2.28. The predicted molar refractivity (Wildman–Crippen MR) is 87.0 cm³/mol. The molecule has 1 aromatic heterocycles. The smallest absolute Gasteiger partial charge is 0.270 e. The number of nitrogens with zero attached hydrogens (tertiary/aromatic N) is 2. The van der Waals surface area contributed by atoms with E-state index >= 15 is 0 Å². The van der Waals surface area contributed by atoms with Gasteiger partial charge in [-0.15, -0.1) is 0 Å². The molecular formula is C16H26ClN3O. The number of hydrogen-bond acceptors (Lipinski definition) is 2. The molecule has 1 aliphatic heterocycles. The zero-order valence-electron chi connectivity index (χ0n) is 13.2. The normalized spacial score (nSPS) is 19.0. The molecule has 1 aromatic rings. The largest absolute Gasteiger partial charge is 0.339 e. The summed E-state index contributed by atoms with van der Waals surface area (Å²) >= 11 is 6.12. The van der Waals surface area contributed by atoms with E-state index in [0.29, 0.717) is 16.8 Å². The summed E-state index contributed by atoms with van der Waals surface area (Å²) in [4.78, 5) is 15.0. The molecule has 5 heteroatoms. The highest BCUT2D eigenvalue weighted by atomic mass is 35.5. The van der Waals surface area contributed by atoms with E-state index in [1.165, 1.54) is 0 Å². The topological polar surface area (TPSA) is 37.3 Å². The summed E-state index contributed by atoms with van der Waals surface area (Å²) in [5, 5.41) is 4.03. The number of amides is 1. The van der Waals surface area contributed by atoms with Crippen molar-refractivity contribution in [1.29, 1.82) is 0 Å². The first-order chi connectivity index (χ1) is 10.0. The van der Waals surface area contributed by atoms with Crippen molar-refractivity contribution in [2.45, 2.75) is 52.1 Å². The van der Waals surface area contributed by atoms with Gasteiger partial charge in [-0.3, -0.25) is 4.79 Å². The van der Waals surface area contributed by atoms with Crippen LogP contribution in [0.3, 0.4) is 0 Å². The maximum absolute atomic E-state index is 13.0. The summed E-state index contributed by atoms with van der Waals surface area (Å²) in [5.74, 6) is 0.103. The number of aromatic nitrogens is 1. The molecule has 0 radical (unpaired) electrons. The van der Waals surface area contributed by atoms with Gasteiger partial charge in [0.25, 0.3) is 5.91 Å². The van der Waals surface area contributed by atoms with Crippen LogP contribution in [0.25, 0.3) is 0 Å². The molecule has 1 atom stereocenters. The number of piperidine rings is 1. The van der Waals surface area contributed by atoms with Gasteiger partial charge in [0, 0.05) is 31.4 Å². The lowest BCUT2D eigenvalue weighted by molar-refractivity contribution is 0.0636. The Morgan fingerprint density at radius 1 is 1.57 bits per heavy atom. The van der Waals surface area contributed by atoms with Crippen molar-refractivity contribution in [3.05, 3.63) is 23.0 Å². The molecule has 118 valence electrons. The summed E-state index contributed by atoms with van der Waals surface area (Å²) in [5.41, 5.74) is 0.703. The maximum atomic E-state index is 13.0. The third kappa shape index (κ3) is 3.80. The molecular weight excluding hydrogens is 286 g/mol. The molecule has 0 bridgehead atoms. The van der Waals surface area contributed by atoms with Gasteiger partial charge >= 0.3 is 0 Å². The molecule has 0 saturated carbocycles.